The summed E-state index contributed by atoms with van der Waals surface area (Å²) < 4.78 is 12.0. The highest BCUT2D eigenvalue weighted by Crippen LogP contribution is 2.43. The summed E-state index contributed by atoms with van der Waals surface area (Å²) in [5, 5.41) is 4.65. The highest BCUT2D eigenvalue weighted by molar-refractivity contribution is 7.22. The standard InChI is InChI=1S/C14H14N4O2S/c1-19-14(5-2-6-14)12-17-11(20-18-12)8-3-4-9-10(7-8)21-13(15)16-9/h3-4,7H,2,5-6H2,1H3,(H2,15,16). The number of benzene rings is 1. The third kappa shape index (κ3) is 1.92. The predicted octanol–water partition coefficient (Wildman–Crippen LogP) is 2.95. The molecule has 0 unspecified atom stereocenters. The van der Waals surface area contributed by atoms with Gasteiger partial charge in [-0.3, -0.25) is 0 Å². The van der Waals surface area contributed by atoms with Gasteiger partial charge < -0.3 is 15.0 Å². The molecule has 0 saturated heterocycles. The molecule has 108 valence electrons. The fourth-order valence-electron chi connectivity index (χ4n) is 2.62. The topological polar surface area (TPSA) is 87.1 Å². The average molecular weight is 302 g/mol. The van der Waals surface area contributed by atoms with Crippen molar-refractivity contribution in [1.82, 2.24) is 15.1 Å². The molecule has 1 saturated carbocycles. The minimum atomic E-state index is -0.360. The molecule has 2 heterocycles. The van der Waals surface area contributed by atoms with Crippen molar-refractivity contribution in [2.45, 2.75) is 24.9 Å². The maximum atomic E-state index is 5.72. The molecule has 6 nitrogen and oxygen atoms in total. The fraction of sp³-hybridized carbons (Fsp3) is 0.357. The Morgan fingerprint density at radius 3 is 2.90 bits per heavy atom. The predicted molar refractivity (Wildman–Crippen MR) is 79.9 cm³/mol. The van der Waals surface area contributed by atoms with E-state index in [9.17, 15) is 0 Å². The monoisotopic (exact) mass is 302 g/mol. The number of nitrogens with zero attached hydrogens (tertiary/aromatic N) is 3. The highest BCUT2D eigenvalue weighted by atomic mass is 32.1. The molecule has 0 atom stereocenters. The van der Waals surface area contributed by atoms with E-state index >= 15 is 0 Å². The van der Waals surface area contributed by atoms with E-state index in [1.54, 1.807) is 7.11 Å². The molecule has 1 aliphatic rings. The van der Waals surface area contributed by atoms with Gasteiger partial charge in [0.1, 0.15) is 5.60 Å². The number of ether oxygens (including phenoxy) is 1. The van der Waals surface area contributed by atoms with Crippen LogP contribution in [0.15, 0.2) is 22.7 Å². The minimum Gasteiger partial charge on any atom is -0.375 e. The van der Waals surface area contributed by atoms with Crippen LogP contribution in [0.2, 0.25) is 0 Å². The highest BCUT2D eigenvalue weighted by Gasteiger charge is 2.43. The van der Waals surface area contributed by atoms with Crippen molar-refractivity contribution in [3.8, 4) is 11.5 Å². The van der Waals surface area contributed by atoms with E-state index in [1.165, 1.54) is 11.3 Å². The van der Waals surface area contributed by atoms with Crippen LogP contribution >= 0.6 is 11.3 Å². The molecule has 3 aromatic rings. The molecular formula is C14H14N4O2S. The molecule has 7 heteroatoms. The van der Waals surface area contributed by atoms with Gasteiger partial charge in [-0.15, -0.1) is 0 Å². The largest absolute Gasteiger partial charge is 0.375 e. The number of nitrogen functional groups attached to an aromatic ring is 1. The number of hydrogen-bond donors (Lipinski definition) is 1. The zero-order valence-corrected chi connectivity index (χ0v) is 12.3. The van der Waals surface area contributed by atoms with Crippen LogP contribution in [0, 0.1) is 0 Å². The van der Waals surface area contributed by atoms with Crippen molar-refractivity contribution in [2.75, 3.05) is 12.8 Å². The number of thiazole rings is 1. The lowest BCUT2D eigenvalue weighted by atomic mass is 9.79. The van der Waals surface area contributed by atoms with E-state index < -0.39 is 0 Å². The molecule has 4 rings (SSSR count). The first kappa shape index (κ1) is 12.7. The van der Waals surface area contributed by atoms with Gasteiger partial charge in [0.2, 0.25) is 5.82 Å². The van der Waals surface area contributed by atoms with Gasteiger partial charge in [-0.2, -0.15) is 4.98 Å². The molecule has 0 amide bonds. The lowest BCUT2D eigenvalue weighted by Crippen LogP contribution is -2.37. The number of rotatable bonds is 3. The van der Waals surface area contributed by atoms with Gasteiger partial charge in [0.25, 0.3) is 5.89 Å². The Kier molecular flexibility index (Phi) is 2.73. The Bertz CT molecular complexity index is 801. The van der Waals surface area contributed by atoms with Gasteiger partial charge in [-0.05, 0) is 37.5 Å². The lowest BCUT2D eigenvalue weighted by Gasteiger charge is -2.37. The van der Waals surface area contributed by atoms with Gasteiger partial charge in [0, 0.05) is 12.7 Å². The van der Waals surface area contributed by atoms with Crippen LogP contribution < -0.4 is 5.73 Å². The first-order chi connectivity index (χ1) is 10.2. The first-order valence-electron chi connectivity index (χ1n) is 6.76. The second-order valence-corrected chi connectivity index (χ2v) is 6.27. The van der Waals surface area contributed by atoms with E-state index in [1.807, 2.05) is 18.2 Å². The Labute approximate surface area is 124 Å². The zero-order chi connectivity index (χ0) is 14.4. The molecule has 21 heavy (non-hydrogen) atoms. The fourth-order valence-corrected chi connectivity index (χ4v) is 3.39. The summed E-state index contributed by atoms with van der Waals surface area (Å²) in [5.74, 6) is 1.14. The SMILES string of the molecule is COC1(c2noc(-c3ccc4nc(N)sc4c3)n2)CCC1. The molecular weight excluding hydrogens is 288 g/mol. The molecule has 2 N–H and O–H groups in total. The molecule has 0 aliphatic heterocycles. The summed E-state index contributed by atoms with van der Waals surface area (Å²) in [7, 11) is 1.70. The van der Waals surface area contributed by atoms with E-state index in [0.717, 1.165) is 35.0 Å². The van der Waals surface area contributed by atoms with Crippen molar-refractivity contribution in [3.63, 3.8) is 0 Å². The number of hydrogen-bond acceptors (Lipinski definition) is 7. The normalized spacial score (nSPS) is 17.0. The van der Waals surface area contributed by atoms with Crippen LogP contribution in [-0.4, -0.2) is 22.2 Å². The Morgan fingerprint density at radius 2 is 2.19 bits per heavy atom. The number of aromatic nitrogens is 3. The van der Waals surface area contributed by atoms with Gasteiger partial charge in [-0.1, -0.05) is 16.5 Å². The van der Waals surface area contributed by atoms with Crippen LogP contribution in [0.5, 0.6) is 0 Å². The molecule has 0 bridgehead atoms. The van der Waals surface area contributed by atoms with Crippen molar-refractivity contribution in [1.29, 1.82) is 0 Å². The van der Waals surface area contributed by atoms with E-state index in [4.69, 9.17) is 15.0 Å². The summed E-state index contributed by atoms with van der Waals surface area (Å²) in [4.78, 5) is 8.75. The lowest BCUT2D eigenvalue weighted by molar-refractivity contribution is -0.0858. The van der Waals surface area contributed by atoms with Crippen LogP contribution in [0.4, 0.5) is 5.13 Å². The van der Waals surface area contributed by atoms with Crippen molar-refractivity contribution >= 4 is 26.7 Å². The molecule has 0 spiro atoms. The van der Waals surface area contributed by atoms with Crippen LogP contribution in [0.3, 0.4) is 0 Å². The average Bonchev–Trinajstić information content (AvgIpc) is 3.03. The summed E-state index contributed by atoms with van der Waals surface area (Å²) >= 11 is 1.45. The summed E-state index contributed by atoms with van der Waals surface area (Å²) in [6.07, 6.45) is 3.00. The molecule has 1 fully saturated rings. The Balaban J connectivity index is 1.73. The number of nitrogens with two attached hydrogens (primary N) is 1. The molecule has 0 radical (unpaired) electrons. The quantitative estimate of drug-likeness (QED) is 0.800. The maximum absolute atomic E-state index is 5.72. The summed E-state index contributed by atoms with van der Waals surface area (Å²) in [5.41, 5.74) is 7.12. The van der Waals surface area contributed by atoms with Crippen LogP contribution in [0.25, 0.3) is 21.7 Å². The van der Waals surface area contributed by atoms with Crippen molar-refractivity contribution < 1.29 is 9.26 Å². The van der Waals surface area contributed by atoms with Gasteiger partial charge >= 0.3 is 0 Å². The minimum absolute atomic E-state index is 0.360. The van der Waals surface area contributed by atoms with E-state index in [0.29, 0.717) is 16.8 Å². The van der Waals surface area contributed by atoms with Crippen molar-refractivity contribution in [3.05, 3.63) is 24.0 Å². The van der Waals surface area contributed by atoms with Gasteiger partial charge in [0.05, 0.1) is 10.2 Å². The van der Waals surface area contributed by atoms with E-state index in [-0.39, 0.29) is 5.60 Å². The second-order valence-electron chi connectivity index (χ2n) is 5.21. The summed E-state index contributed by atoms with van der Waals surface area (Å²) in [6, 6.07) is 5.80. The van der Waals surface area contributed by atoms with Crippen LogP contribution in [-0.2, 0) is 10.3 Å². The smallest absolute Gasteiger partial charge is 0.258 e. The van der Waals surface area contributed by atoms with Gasteiger partial charge in [0.15, 0.2) is 5.13 Å². The molecule has 1 aromatic carbocycles. The first-order valence-corrected chi connectivity index (χ1v) is 7.58. The van der Waals surface area contributed by atoms with E-state index in [2.05, 4.69) is 15.1 Å². The third-order valence-electron chi connectivity index (χ3n) is 4.04. The third-order valence-corrected chi connectivity index (χ3v) is 4.88. The molecule has 1 aliphatic carbocycles. The number of anilines is 1. The second kappa shape index (κ2) is 4.51. The Hall–Kier alpha value is -1.99. The van der Waals surface area contributed by atoms with Gasteiger partial charge in [-0.25, -0.2) is 4.98 Å². The zero-order valence-electron chi connectivity index (χ0n) is 11.5. The molecule has 2 aromatic heterocycles. The summed E-state index contributed by atoms with van der Waals surface area (Å²) in [6.45, 7) is 0. The maximum Gasteiger partial charge on any atom is 0.258 e. The Morgan fingerprint density at radius 1 is 1.33 bits per heavy atom. The number of fused-ring (bicyclic) bond motifs is 1. The number of methoxy groups -OCH3 is 1. The van der Waals surface area contributed by atoms with Crippen LogP contribution in [0.1, 0.15) is 25.1 Å². The van der Waals surface area contributed by atoms with Crippen molar-refractivity contribution in [2.24, 2.45) is 0 Å².